The molecule has 0 aliphatic heterocycles. The quantitative estimate of drug-likeness (QED) is 0.502. The van der Waals surface area contributed by atoms with Gasteiger partial charge in [0.2, 0.25) is 5.91 Å². The average molecular weight is 403 g/mol. The smallest absolute Gasteiger partial charge is 0.341 e. The molecule has 0 radical (unpaired) electrons. The van der Waals surface area contributed by atoms with Crippen LogP contribution in [-0.4, -0.2) is 39.5 Å². The van der Waals surface area contributed by atoms with E-state index < -0.39 is 5.97 Å². The zero-order valence-electron chi connectivity index (χ0n) is 15.1. The normalized spacial score (nSPS) is 10.6. The van der Waals surface area contributed by atoms with Crippen molar-refractivity contribution in [3.63, 3.8) is 0 Å². The number of nitrogens with zero attached hydrogens (tertiary/aromatic N) is 3. The summed E-state index contributed by atoms with van der Waals surface area (Å²) < 4.78 is 6.64. The first-order chi connectivity index (χ1) is 13.0. The molecule has 1 amide bonds. The fraction of sp³-hybridized carbons (Fsp3) is 0.222. The van der Waals surface area contributed by atoms with Crippen LogP contribution in [0.25, 0.3) is 5.69 Å². The van der Waals surface area contributed by atoms with Crippen LogP contribution in [-0.2, 0) is 9.53 Å². The molecule has 7 nitrogen and oxygen atoms in total. The summed E-state index contributed by atoms with van der Waals surface area (Å²) in [6.45, 7) is 3.74. The number of anilines is 1. The van der Waals surface area contributed by atoms with Crippen molar-refractivity contribution >= 4 is 40.0 Å². The molecule has 0 saturated heterocycles. The zero-order valence-corrected chi connectivity index (χ0v) is 16.7. The van der Waals surface area contributed by atoms with E-state index in [0.717, 1.165) is 16.1 Å². The van der Waals surface area contributed by atoms with Gasteiger partial charge < -0.3 is 10.1 Å². The van der Waals surface area contributed by atoms with Crippen LogP contribution >= 0.6 is 23.1 Å². The van der Waals surface area contributed by atoms with E-state index in [4.69, 9.17) is 4.74 Å². The standard InChI is InChI=1S/C18H18N4O3S2/c1-11-12(2)27-16(15(11)17(24)25-3)20-14(23)9-26-18-21-19-10-22(18)13-7-5-4-6-8-13/h4-8,10H,9H2,1-3H3,(H,20,23). The van der Waals surface area contributed by atoms with E-state index in [1.807, 2.05) is 48.7 Å². The Morgan fingerprint density at radius 3 is 2.70 bits per heavy atom. The van der Waals surface area contributed by atoms with Crippen LogP contribution in [0.2, 0.25) is 0 Å². The Morgan fingerprint density at radius 1 is 1.26 bits per heavy atom. The molecule has 0 atom stereocenters. The molecule has 2 aromatic heterocycles. The van der Waals surface area contributed by atoms with Gasteiger partial charge in [0.05, 0.1) is 18.4 Å². The lowest BCUT2D eigenvalue weighted by molar-refractivity contribution is -0.113. The Labute approximate surface area is 164 Å². The third kappa shape index (κ3) is 4.20. The van der Waals surface area contributed by atoms with Gasteiger partial charge in [-0.15, -0.1) is 21.5 Å². The summed E-state index contributed by atoms with van der Waals surface area (Å²) in [5, 5.41) is 11.9. The van der Waals surface area contributed by atoms with Gasteiger partial charge >= 0.3 is 5.97 Å². The summed E-state index contributed by atoms with van der Waals surface area (Å²) in [7, 11) is 1.33. The van der Waals surface area contributed by atoms with Gasteiger partial charge in [-0.05, 0) is 31.5 Å². The Bertz CT molecular complexity index is 966. The predicted octanol–water partition coefficient (Wildman–Crippen LogP) is 3.46. The molecule has 3 aromatic rings. The molecule has 0 spiro atoms. The van der Waals surface area contributed by atoms with E-state index in [2.05, 4.69) is 15.5 Å². The number of benzene rings is 1. The summed E-state index contributed by atoms with van der Waals surface area (Å²) in [4.78, 5) is 25.4. The van der Waals surface area contributed by atoms with E-state index in [0.29, 0.717) is 15.7 Å². The number of esters is 1. The number of para-hydroxylation sites is 1. The zero-order chi connectivity index (χ0) is 19.4. The molecule has 1 N–H and O–H groups in total. The van der Waals surface area contributed by atoms with Crippen LogP contribution in [0, 0.1) is 13.8 Å². The number of aryl methyl sites for hydroxylation is 1. The Kier molecular flexibility index (Phi) is 5.92. The fourth-order valence-electron chi connectivity index (χ4n) is 2.44. The number of ether oxygens (including phenoxy) is 1. The number of aromatic nitrogens is 3. The number of carbonyl (C=O) groups excluding carboxylic acids is 2. The van der Waals surface area contributed by atoms with Crippen molar-refractivity contribution in [1.29, 1.82) is 0 Å². The third-order valence-corrected chi connectivity index (χ3v) is 5.98. The van der Waals surface area contributed by atoms with Crippen molar-refractivity contribution in [3.8, 4) is 5.69 Å². The van der Waals surface area contributed by atoms with Crippen molar-refractivity contribution < 1.29 is 14.3 Å². The Balaban J connectivity index is 1.70. The molecule has 0 unspecified atom stereocenters. The van der Waals surface area contributed by atoms with Crippen LogP contribution in [0.15, 0.2) is 41.8 Å². The third-order valence-electron chi connectivity index (χ3n) is 3.91. The first kappa shape index (κ1) is 19.1. The van der Waals surface area contributed by atoms with Gasteiger partial charge in [-0.25, -0.2) is 4.79 Å². The molecule has 3 rings (SSSR count). The van der Waals surface area contributed by atoms with Crippen molar-refractivity contribution in [2.24, 2.45) is 0 Å². The number of thiophene rings is 1. The number of rotatable bonds is 6. The maximum atomic E-state index is 12.4. The first-order valence-electron chi connectivity index (χ1n) is 8.07. The average Bonchev–Trinajstić information content (AvgIpc) is 3.25. The minimum absolute atomic E-state index is 0.141. The SMILES string of the molecule is COC(=O)c1c(NC(=O)CSc2nncn2-c2ccccc2)sc(C)c1C. The second kappa shape index (κ2) is 8.36. The highest BCUT2D eigenvalue weighted by atomic mass is 32.2. The Hall–Kier alpha value is -2.65. The molecule has 140 valence electrons. The van der Waals surface area contributed by atoms with Crippen molar-refractivity contribution in [1.82, 2.24) is 14.8 Å². The van der Waals surface area contributed by atoms with Crippen LogP contribution < -0.4 is 5.32 Å². The number of thioether (sulfide) groups is 1. The lowest BCUT2D eigenvalue weighted by Gasteiger charge is -2.07. The minimum atomic E-state index is -0.455. The first-order valence-corrected chi connectivity index (χ1v) is 9.88. The second-order valence-electron chi connectivity index (χ2n) is 5.63. The van der Waals surface area contributed by atoms with E-state index in [9.17, 15) is 9.59 Å². The molecule has 0 fully saturated rings. The summed E-state index contributed by atoms with van der Waals surface area (Å²) >= 11 is 2.63. The molecular formula is C18H18N4O3S2. The van der Waals surface area contributed by atoms with Gasteiger partial charge in [-0.3, -0.25) is 9.36 Å². The molecule has 9 heteroatoms. The number of carbonyl (C=O) groups is 2. The maximum Gasteiger partial charge on any atom is 0.341 e. The molecule has 0 saturated carbocycles. The minimum Gasteiger partial charge on any atom is -0.465 e. The highest BCUT2D eigenvalue weighted by Gasteiger charge is 2.21. The highest BCUT2D eigenvalue weighted by Crippen LogP contribution is 2.33. The van der Waals surface area contributed by atoms with Gasteiger partial charge in [0, 0.05) is 10.6 Å². The van der Waals surface area contributed by atoms with E-state index >= 15 is 0 Å². The topological polar surface area (TPSA) is 86.1 Å². The Morgan fingerprint density at radius 2 is 2.00 bits per heavy atom. The largest absolute Gasteiger partial charge is 0.465 e. The molecule has 27 heavy (non-hydrogen) atoms. The fourth-order valence-corrected chi connectivity index (χ4v) is 4.24. The predicted molar refractivity (Wildman–Crippen MR) is 106 cm³/mol. The summed E-state index contributed by atoms with van der Waals surface area (Å²) in [5.41, 5.74) is 2.15. The van der Waals surface area contributed by atoms with Crippen molar-refractivity contribution in [2.45, 2.75) is 19.0 Å². The van der Waals surface area contributed by atoms with Gasteiger partial charge in [-0.1, -0.05) is 30.0 Å². The molecule has 2 heterocycles. The highest BCUT2D eigenvalue weighted by molar-refractivity contribution is 7.99. The lowest BCUT2D eigenvalue weighted by atomic mass is 10.1. The van der Waals surface area contributed by atoms with E-state index in [1.54, 1.807) is 6.33 Å². The molecule has 1 aromatic carbocycles. The van der Waals surface area contributed by atoms with Gasteiger partial charge in [-0.2, -0.15) is 0 Å². The number of methoxy groups -OCH3 is 1. The number of hydrogen-bond acceptors (Lipinski definition) is 7. The van der Waals surface area contributed by atoms with Gasteiger partial charge in [0.15, 0.2) is 5.16 Å². The summed E-state index contributed by atoms with van der Waals surface area (Å²) in [5.74, 6) is -0.542. The van der Waals surface area contributed by atoms with Crippen LogP contribution in [0.5, 0.6) is 0 Å². The second-order valence-corrected chi connectivity index (χ2v) is 7.80. The molecule has 0 aliphatic carbocycles. The van der Waals surface area contributed by atoms with Crippen molar-refractivity contribution in [3.05, 3.63) is 52.7 Å². The number of hydrogen-bond donors (Lipinski definition) is 1. The number of amides is 1. The van der Waals surface area contributed by atoms with E-state index in [-0.39, 0.29) is 11.7 Å². The van der Waals surface area contributed by atoms with Crippen LogP contribution in [0.1, 0.15) is 20.8 Å². The monoisotopic (exact) mass is 402 g/mol. The molecular weight excluding hydrogens is 384 g/mol. The van der Waals surface area contributed by atoms with Crippen LogP contribution in [0.4, 0.5) is 5.00 Å². The maximum absolute atomic E-state index is 12.4. The summed E-state index contributed by atoms with van der Waals surface area (Å²) in [6.07, 6.45) is 1.61. The summed E-state index contributed by atoms with van der Waals surface area (Å²) in [6, 6.07) is 9.65. The molecule has 0 bridgehead atoms. The van der Waals surface area contributed by atoms with Crippen LogP contribution in [0.3, 0.4) is 0 Å². The number of nitrogens with one attached hydrogen (secondary N) is 1. The van der Waals surface area contributed by atoms with Crippen molar-refractivity contribution in [2.75, 3.05) is 18.2 Å². The van der Waals surface area contributed by atoms with Gasteiger partial charge in [0.25, 0.3) is 0 Å². The molecule has 0 aliphatic rings. The lowest BCUT2D eigenvalue weighted by Crippen LogP contribution is -2.16. The van der Waals surface area contributed by atoms with E-state index in [1.165, 1.54) is 30.2 Å². The van der Waals surface area contributed by atoms with Gasteiger partial charge in [0.1, 0.15) is 11.3 Å².